The van der Waals surface area contributed by atoms with E-state index in [1.807, 2.05) is 24.3 Å². The molecule has 0 spiro atoms. The van der Waals surface area contributed by atoms with Crippen molar-refractivity contribution >= 4 is 21.7 Å². The summed E-state index contributed by atoms with van der Waals surface area (Å²) in [4.78, 5) is 14.8. The van der Waals surface area contributed by atoms with Crippen molar-refractivity contribution < 1.29 is 9.84 Å². The molecule has 1 aliphatic rings. The first-order valence-corrected chi connectivity index (χ1v) is 5.24. The van der Waals surface area contributed by atoms with Crippen molar-refractivity contribution in [3.8, 4) is 17.2 Å². The van der Waals surface area contributed by atoms with Crippen LogP contribution in [0.4, 0.5) is 0 Å². The van der Waals surface area contributed by atoms with Gasteiger partial charge < -0.3 is 14.8 Å². The summed E-state index contributed by atoms with van der Waals surface area (Å²) in [7, 11) is 0. The summed E-state index contributed by atoms with van der Waals surface area (Å²) in [6.07, 6.45) is 1.80. The zero-order valence-corrected chi connectivity index (χ0v) is 8.65. The highest BCUT2D eigenvalue weighted by atomic mass is 16.6. The molecule has 0 saturated heterocycles. The van der Waals surface area contributed by atoms with Gasteiger partial charge >= 0.3 is 0 Å². The number of nitrogens with one attached hydrogen (secondary N) is 1. The zero-order valence-electron chi connectivity index (χ0n) is 8.65. The van der Waals surface area contributed by atoms with Crippen LogP contribution in [0.2, 0.25) is 0 Å². The maximum absolute atomic E-state index is 11.7. The summed E-state index contributed by atoms with van der Waals surface area (Å²) in [6, 6.07) is 7.45. The molecule has 0 amide bonds. The molecule has 2 heterocycles. The minimum atomic E-state index is -0.427. The predicted molar refractivity (Wildman–Crippen MR) is 63.8 cm³/mol. The van der Waals surface area contributed by atoms with Gasteiger partial charge in [0.15, 0.2) is 11.5 Å². The number of pyridine rings is 1. The third kappa shape index (κ3) is 0.945. The fourth-order valence-corrected chi connectivity index (χ4v) is 2.27. The molecule has 1 aliphatic heterocycles. The first-order valence-electron chi connectivity index (χ1n) is 5.24. The Morgan fingerprint density at radius 1 is 1.12 bits per heavy atom. The molecule has 17 heavy (non-hydrogen) atoms. The Kier molecular flexibility index (Phi) is 1.32. The number of fused-ring (bicyclic) bond motifs is 5. The number of hydrogen-bond acceptors (Lipinski definition) is 3. The number of hydrogen-bond donors (Lipinski definition) is 2. The van der Waals surface area contributed by atoms with Crippen molar-refractivity contribution in [1.29, 1.82) is 0 Å². The SMILES string of the molecule is O=c1c2c(c3ccc4[nH]cccc4c3c1O)O2. The number of ether oxygens (including phenoxy) is 1. The second-order valence-corrected chi connectivity index (χ2v) is 4.06. The number of benzene rings is 2. The van der Waals surface area contributed by atoms with Gasteiger partial charge in [-0.2, -0.15) is 0 Å². The second-order valence-electron chi connectivity index (χ2n) is 4.06. The highest BCUT2D eigenvalue weighted by Gasteiger charge is 2.31. The van der Waals surface area contributed by atoms with E-state index >= 15 is 0 Å². The Bertz CT molecular complexity index is 849. The van der Waals surface area contributed by atoms with Crippen LogP contribution < -0.4 is 10.2 Å². The molecule has 3 aromatic rings. The molecular weight excluding hydrogens is 218 g/mol. The summed E-state index contributed by atoms with van der Waals surface area (Å²) >= 11 is 0. The van der Waals surface area contributed by atoms with Crippen LogP contribution in [-0.4, -0.2) is 10.1 Å². The van der Waals surface area contributed by atoms with Gasteiger partial charge in [0.25, 0.3) is 5.43 Å². The molecule has 0 atom stereocenters. The van der Waals surface area contributed by atoms with Crippen LogP contribution in [0.1, 0.15) is 0 Å². The molecule has 82 valence electrons. The lowest BCUT2D eigenvalue weighted by molar-refractivity contribution is 0.476. The van der Waals surface area contributed by atoms with Gasteiger partial charge in [-0.1, -0.05) is 6.07 Å². The average molecular weight is 225 g/mol. The molecular formula is C13H7NO3. The average Bonchev–Trinajstić information content (AvgIpc) is 3.15. The Morgan fingerprint density at radius 3 is 2.88 bits per heavy atom. The van der Waals surface area contributed by atoms with Crippen molar-refractivity contribution in [1.82, 2.24) is 4.98 Å². The summed E-state index contributed by atoms with van der Waals surface area (Å²) < 4.78 is 5.13. The minimum absolute atomic E-state index is 0.235. The fourth-order valence-electron chi connectivity index (χ4n) is 2.27. The molecule has 0 fully saturated rings. The Labute approximate surface area is 95.1 Å². The van der Waals surface area contributed by atoms with Crippen molar-refractivity contribution in [2.45, 2.75) is 0 Å². The second kappa shape index (κ2) is 2.60. The third-order valence-corrected chi connectivity index (χ3v) is 3.11. The van der Waals surface area contributed by atoms with E-state index in [9.17, 15) is 9.90 Å². The van der Waals surface area contributed by atoms with E-state index in [0.717, 1.165) is 16.3 Å². The van der Waals surface area contributed by atoms with E-state index in [4.69, 9.17) is 4.74 Å². The van der Waals surface area contributed by atoms with Gasteiger partial charge in [0.05, 0.1) is 0 Å². The van der Waals surface area contributed by atoms with Crippen LogP contribution in [0.3, 0.4) is 0 Å². The molecule has 2 N–H and O–H groups in total. The topological polar surface area (TPSA) is 65.6 Å². The van der Waals surface area contributed by atoms with Crippen LogP contribution in [0.15, 0.2) is 35.3 Å². The summed E-state index contributed by atoms with van der Waals surface area (Å²) in [5.41, 5.74) is 0.444. The van der Waals surface area contributed by atoms with Gasteiger partial charge in [-0.25, -0.2) is 0 Å². The predicted octanol–water partition coefficient (Wildman–Crippen LogP) is 2.49. The molecule has 4 heteroatoms. The normalized spacial score (nSPS) is 12.5. The number of phenols is 1. The van der Waals surface area contributed by atoms with Crippen LogP contribution in [0.25, 0.3) is 21.7 Å². The lowest BCUT2D eigenvalue weighted by Crippen LogP contribution is -1.94. The van der Waals surface area contributed by atoms with E-state index < -0.39 is 5.43 Å². The summed E-state index contributed by atoms with van der Waals surface area (Å²) in [5, 5.41) is 12.1. The third-order valence-electron chi connectivity index (χ3n) is 3.11. The van der Waals surface area contributed by atoms with Gasteiger partial charge in [0.1, 0.15) is 0 Å². The fraction of sp³-hybridized carbons (Fsp3) is 0. The number of aromatic nitrogens is 1. The van der Waals surface area contributed by atoms with Gasteiger partial charge in [-0.3, -0.25) is 4.79 Å². The quantitative estimate of drug-likeness (QED) is 0.357. The largest absolute Gasteiger partial charge is 0.504 e. The van der Waals surface area contributed by atoms with E-state index in [1.165, 1.54) is 0 Å². The van der Waals surface area contributed by atoms with Gasteiger partial charge in [-0.15, -0.1) is 0 Å². The highest BCUT2D eigenvalue weighted by molar-refractivity contribution is 6.13. The van der Waals surface area contributed by atoms with Crippen molar-refractivity contribution in [2.75, 3.05) is 0 Å². The van der Waals surface area contributed by atoms with Gasteiger partial charge in [-0.05, 0) is 18.2 Å². The lowest BCUT2D eigenvalue weighted by Gasteiger charge is -2.02. The molecule has 0 aliphatic carbocycles. The van der Waals surface area contributed by atoms with E-state index in [-0.39, 0.29) is 11.5 Å². The standard InChI is InChI=1S/C13H7NO3/c15-10-9-6-2-1-5-14-8(6)4-3-7(9)12-13(17-12)11(10)16/h1-5,14-15H. The molecule has 0 saturated carbocycles. The number of H-pyrrole nitrogens is 1. The van der Waals surface area contributed by atoms with Crippen LogP contribution in [0.5, 0.6) is 17.2 Å². The molecule has 4 rings (SSSR count). The van der Waals surface area contributed by atoms with Crippen molar-refractivity contribution in [3.05, 3.63) is 40.7 Å². The first-order chi connectivity index (χ1) is 8.27. The Balaban J connectivity index is 2.39. The first kappa shape index (κ1) is 8.64. The maximum atomic E-state index is 11.7. The smallest absolute Gasteiger partial charge is 0.267 e. The number of rotatable bonds is 0. The van der Waals surface area contributed by atoms with Crippen molar-refractivity contribution in [2.24, 2.45) is 0 Å². The highest BCUT2D eigenvalue weighted by Crippen LogP contribution is 2.50. The van der Waals surface area contributed by atoms with Gasteiger partial charge in [0.2, 0.25) is 5.75 Å². The minimum Gasteiger partial charge on any atom is -0.504 e. The zero-order chi connectivity index (χ0) is 11.6. The lowest BCUT2D eigenvalue weighted by atomic mass is 10.0. The number of phenolic OH excluding ortho intramolecular Hbond substituents is 1. The van der Waals surface area contributed by atoms with Crippen LogP contribution in [-0.2, 0) is 0 Å². The van der Waals surface area contributed by atoms with Crippen molar-refractivity contribution in [3.63, 3.8) is 0 Å². The summed E-state index contributed by atoms with van der Waals surface area (Å²) in [5.74, 6) is 0.629. The van der Waals surface area contributed by atoms with E-state index in [1.54, 1.807) is 6.20 Å². The summed E-state index contributed by atoms with van der Waals surface area (Å²) in [6.45, 7) is 0. The van der Waals surface area contributed by atoms with Gasteiger partial charge in [0, 0.05) is 27.9 Å². The Morgan fingerprint density at radius 2 is 2.00 bits per heavy atom. The Hall–Kier alpha value is -2.49. The molecule has 1 aromatic heterocycles. The van der Waals surface area contributed by atoms with Crippen LogP contribution >= 0.6 is 0 Å². The molecule has 0 bridgehead atoms. The van der Waals surface area contributed by atoms with Crippen LogP contribution in [0, 0.1) is 0 Å². The molecule has 4 nitrogen and oxygen atoms in total. The van der Waals surface area contributed by atoms with E-state index in [0.29, 0.717) is 11.1 Å². The monoisotopic (exact) mass is 225 g/mol. The number of aromatic hydroxyl groups is 1. The molecule has 0 unspecified atom stereocenters. The maximum Gasteiger partial charge on any atom is 0.267 e. The molecule has 0 radical (unpaired) electrons. The number of aromatic amines is 1. The van der Waals surface area contributed by atoms with E-state index in [2.05, 4.69) is 4.98 Å². The molecule has 2 aromatic carbocycles.